The van der Waals surface area contributed by atoms with Gasteiger partial charge in [-0.05, 0) is 13.0 Å². The van der Waals surface area contributed by atoms with Crippen LogP contribution < -0.4 is 4.90 Å². The number of hydrogen-bond acceptors (Lipinski definition) is 6. The van der Waals surface area contributed by atoms with Gasteiger partial charge in [0, 0.05) is 38.1 Å². The van der Waals surface area contributed by atoms with Crippen LogP contribution >= 0.6 is 11.3 Å². The van der Waals surface area contributed by atoms with Crippen molar-refractivity contribution in [2.45, 2.75) is 25.7 Å². The van der Waals surface area contributed by atoms with Crippen LogP contribution in [0, 0.1) is 0 Å². The highest BCUT2D eigenvalue weighted by atomic mass is 32.1. The Hall–Kier alpha value is -2.63. The molecule has 12 heteroatoms. The van der Waals surface area contributed by atoms with Gasteiger partial charge in [-0.2, -0.15) is 18.3 Å². The molecule has 1 aliphatic heterocycles. The molecule has 1 amide bonds. The van der Waals surface area contributed by atoms with Crippen molar-refractivity contribution >= 4 is 28.2 Å². The molecule has 146 valence electrons. The number of hydrogen-bond donors (Lipinski definition) is 1. The monoisotopic (exact) mass is 403 g/mol. The van der Waals surface area contributed by atoms with E-state index in [-0.39, 0.29) is 43.1 Å². The van der Waals surface area contributed by atoms with Crippen molar-refractivity contribution in [1.29, 1.82) is 0 Å². The topological polar surface area (TPSA) is 91.6 Å². The average molecular weight is 403 g/mol. The highest BCUT2D eigenvalue weighted by molar-refractivity contribution is 7.16. The summed E-state index contributed by atoms with van der Waals surface area (Å²) >= 11 is 0.308. The summed E-state index contributed by atoms with van der Waals surface area (Å²) in [5, 5.41) is 11.9. The number of piperazine rings is 1. The average Bonchev–Trinajstić information content (AvgIpc) is 3.23. The number of alkyl halides is 3. The smallest absolute Gasteiger partial charge is 0.443 e. The van der Waals surface area contributed by atoms with Crippen LogP contribution in [0.15, 0.2) is 18.5 Å². The molecule has 0 saturated carbocycles. The molecule has 0 spiro atoms. The molecule has 0 aromatic carbocycles. The van der Waals surface area contributed by atoms with Crippen LogP contribution in [0.1, 0.15) is 22.4 Å². The molecule has 2 aromatic heterocycles. The summed E-state index contributed by atoms with van der Waals surface area (Å²) in [5.74, 6) is -1.67. The normalized spacial score (nSPS) is 18.0. The summed E-state index contributed by atoms with van der Waals surface area (Å²) in [7, 11) is 0. The summed E-state index contributed by atoms with van der Waals surface area (Å²) in [6, 6.07) is 1.39. The predicted octanol–water partition coefficient (Wildman–Crippen LogP) is 1.79. The number of aromatic carboxylic acids is 1. The molecular formula is C15H16F3N5O3S. The molecule has 1 atom stereocenters. The molecule has 2 aromatic rings. The number of carboxylic acid groups (broad SMARTS) is 1. The summed E-state index contributed by atoms with van der Waals surface area (Å²) in [6.45, 7) is 2.52. The number of carbonyl (C=O) groups is 2. The Morgan fingerprint density at radius 2 is 2.11 bits per heavy atom. The molecule has 0 radical (unpaired) electrons. The van der Waals surface area contributed by atoms with Crippen LogP contribution in [0.5, 0.6) is 0 Å². The Kier molecular flexibility index (Phi) is 5.09. The van der Waals surface area contributed by atoms with Crippen molar-refractivity contribution in [3.63, 3.8) is 0 Å². The third kappa shape index (κ3) is 4.04. The number of thiazole rings is 1. The van der Waals surface area contributed by atoms with Crippen LogP contribution in [-0.4, -0.2) is 62.3 Å². The fourth-order valence-electron chi connectivity index (χ4n) is 2.92. The van der Waals surface area contributed by atoms with Gasteiger partial charge in [0.2, 0.25) is 10.9 Å². The summed E-state index contributed by atoms with van der Waals surface area (Å²) in [6.07, 6.45) is -1.49. The van der Waals surface area contributed by atoms with Gasteiger partial charge in [-0.15, -0.1) is 0 Å². The Balaban J connectivity index is 1.75. The zero-order valence-electron chi connectivity index (χ0n) is 14.2. The van der Waals surface area contributed by atoms with Gasteiger partial charge in [0.25, 0.3) is 0 Å². The van der Waals surface area contributed by atoms with Gasteiger partial charge in [-0.25, -0.2) is 9.78 Å². The molecule has 1 unspecified atom stereocenters. The standard InChI is InChI=1S/C15H16F3N5O3S/c1-9-7-21(5-6-23(9)10(24)8-22-4-2-3-19-22)12-11(13(25)26)20-14(27-12)15(16,17)18/h2-4,9H,5-8H2,1H3,(H,25,26). The first-order valence-electron chi connectivity index (χ1n) is 8.00. The second-order valence-electron chi connectivity index (χ2n) is 6.06. The van der Waals surface area contributed by atoms with Crippen molar-refractivity contribution in [3.05, 3.63) is 29.2 Å². The lowest BCUT2D eigenvalue weighted by Crippen LogP contribution is -2.54. The molecule has 1 saturated heterocycles. The maximum atomic E-state index is 12.9. The second kappa shape index (κ2) is 7.18. The highest BCUT2D eigenvalue weighted by Gasteiger charge is 2.39. The molecule has 0 bridgehead atoms. The van der Waals surface area contributed by atoms with Crippen LogP contribution in [0.4, 0.5) is 18.2 Å². The lowest BCUT2D eigenvalue weighted by atomic mass is 10.2. The lowest BCUT2D eigenvalue weighted by Gasteiger charge is -2.40. The first-order valence-corrected chi connectivity index (χ1v) is 8.81. The highest BCUT2D eigenvalue weighted by Crippen LogP contribution is 2.39. The maximum absolute atomic E-state index is 12.9. The molecule has 27 heavy (non-hydrogen) atoms. The van der Waals surface area contributed by atoms with Gasteiger partial charge < -0.3 is 14.9 Å². The predicted molar refractivity (Wildman–Crippen MR) is 89.7 cm³/mol. The van der Waals surface area contributed by atoms with Crippen LogP contribution in [0.3, 0.4) is 0 Å². The Bertz CT molecular complexity index is 836. The fourth-order valence-corrected chi connectivity index (χ4v) is 3.88. The molecule has 8 nitrogen and oxygen atoms in total. The number of aromatic nitrogens is 3. The lowest BCUT2D eigenvalue weighted by molar-refractivity contribution is -0.137. The Morgan fingerprint density at radius 1 is 1.37 bits per heavy atom. The summed E-state index contributed by atoms with van der Waals surface area (Å²) in [4.78, 5) is 30.1. The van der Waals surface area contributed by atoms with E-state index in [1.807, 2.05) is 0 Å². The van der Waals surface area contributed by atoms with Crippen molar-refractivity contribution in [2.24, 2.45) is 0 Å². The third-order valence-corrected chi connectivity index (χ3v) is 5.31. The number of halogens is 3. The summed E-state index contributed by atoms with van der Waals surface area (Å²) < 4.78 is 40.2. The van der Waals surface area contributed by atoms with Crippen molar-refractivity contribution < 1.29 is 27.9 Å². The molecule has 1 aliphatic rings. The molecule has 3 rings (SSSR count). The van der Waals surface area contributed by atoms with E-state index in [0.717, 1.165) is 0 Å². The number of nitrogens with zero attached hydrogens (tertiary/aromatic N) is 5. The maximum Gasteiger partial charge on any atom is 0.443 e. The van der Waals surface area contributed by atoms with E-state index >= 15 is 0 Å². The molecule has 1 fully saturated rings. The van der Waals surface area contributed by atoms with Crippen LogP contribution in [0.2, 0.25) is 0 Å². The van der Waals surface area contributed by atoms with E-state index in [4.69, 9.17) is 0 Å². The van der Waals surface area contributed by atoms with Crippen LogP contribution in [-0.2, 0) is 17.5 Å². The SMILES string of the molecule is CC1CN(c2sc(C(F)(F)F)nc2C(=O)O)CCN1C(=O)Cn1cccn1. The minimum Gasteiger partial charge on any atom is -0.476 e. The fraction of sp³-hybridized carbons (Fsp3) is 0.467. The number of anilines is 1. The van der Waals surface area contributed by atoms with Gasteiger partial charge in [0.05, 0.1) is 0 Å². The van der Waals surface area contributed by atoms with Gasteiger partial charge >= 0.3 is 12.1 Å². The van der Waals surface area contributed by atoms with Gasteiger partial charge in [-0.1, -0.05) is 11.3 Å². The quantitative estimate of drug-likeness (QED) is 0.837. The Labute approximate surface area is 155 Å². The number of rotatable bonds is 4. The van der Waals surface area contributed by atoms with Gasteiger partial charge in [-0.3, -0.25) is 9.48 Å². The molecule has 1 N–H and O–H groups in total. The molecule has 0 aliphatic carbocycles. The minimum atomic E-state index is -4.71. The van der Waals surface area contributed by atoms with E-state index in [0.29, 0.717) is 11.3 Å². The van der Waals surface area contributed by atoms with E-state index in [1.165, 1.54) is 4.68 Å². The zero-order valence-corrected chi connectivity index (χ0v) is 15.0. The largest absolute Gasteiger partial charge is 0.476 e. The van der Waals surface area contributed by atoms with Crippen molar-refractivity contribution in [1.82, 2.24) is 19.7 Å². The van der Waals surface area contributed by atoms with Gasteiger partial charge in [0.1, 0.15) is 11.5 Å². The minimum absolute atomic E-state index is 0.0409. The zero-order chi connectivity index (χ0) is 19.8. The van der Waals surface area contributed by atoms with Gasteiger partial charge in [0.15, 0.2) is 5.69 Å². The second-order valence-corrected chi connectivity index (χ2v) is 7.04. The number of carbonyl (C=O) groups excluding carboxylic acids is 1. The summed E-state index contributed by atoms with van der Waals surface area (Å²) in [5.41, 5.74) is -0.615. The van der Waals surface area contributed by atoms with E-state index in [2.05, 4.69) is 10.1 Å². The Morgan fingerprint density at radius 3 is 2.67 bits per heavy atom. The first-order chi connectivity index (χ1) is 12.7. The first kappa shape index (κ1) is 19.1. The third-order valence-electron chi connectivity index (χ3n) is 4.15. The number of amides is 1. The van der Waals surface area contributed by atoms with Crippen molar-refractivity contribution in [3.8, 4) is 0 Å². The van der Waals surface area contributed by atoms with Crippen molar-refractivity contribution in [2.75, 3.05) is 24.5 Å². The van der Waals surface area contributed by atoms with E-state index < -0.39 is 22.8 Å². The molecule has 3 heterocycles. The van der Waals surface area contributed by atoms with Crippen LogP contribution in [0.25, 0.3) is 0 Å². The molecular weight excluding hydrogens is 387 g/mol. The van der Waals surface area contributed by atoms with E-state index in [1.54, 1.807) is 35.2 Å². The number of carboxylic acids is 1. The van der Waals surface area contributed by atoms with E-state index in [9.17, 15) is 27.9 Å².